The predicted molar refractivity (Wildman–Crippen MR) is 124 cm³/mol. The lowest BCUT2D eigenvalue weighted by Crippen LogP contribution is -2.36. The van der Waals surface area contributed by atoms with E-state index in [0.717, 1.165) is 0 Å². The van der Waals surface area contributed by atoms with Gasteiger partial charge in [-0.3, -0.25) is 4.79 Å². The average Bonchev–Trinajstić information content (AvgIpc) is 3.24. The fourth-order valence-corrected chi connectivity index (χ4v) is 3.72. The monoisotopic (exact) mass is 516 g/mol. The summed E-state index contributed by atoms with van der Waals surface area (Å²) < 4.78 is 48.5. The summed E-state index contributed by atoms with van der Waals surface area (Å²) in [6, 6.07) is 6.69. The lowest BCUT2D eigenvalue weighted by Gasteiger charge is -2.21. The van der Waals surface area contributed by atoms with Crippen LogP contribution in [0.4, 0.5) is 19.0 Å². The van der Waals surface area contributed by atoms with Crippen LogP contribution in [0, 0.1) is 0 Å². The molecule has 1 aliphatic heterocycles. The number of ether oxygens (including phenoxy) is 2. The fraction of sp³-hybridized carbons (Fsp3) is 0.522. The quantitative estimate of drug-likeness (QED) is 0.524. The van der Waals surface area contributed by atoms with E-state index in [1.807, 2.05) is 10.2 Å². The number of carbonyl (C=O) groups is 1. The van der Waals surface area contributed by atoms with Crippen molar-refractivity contribution in [1.82, 2.24) is 15.3 Å². The van der Waals surface area contributed by atoms with Crippen molar-refractivity contribution in [2.24, 2.45) is 0 Å². The summed E-state index contributed by atoms with van der Waals surface area (Å²) >= 11 is 6.44. The zero-order valence-electron chi connectivity index (χ0n) is 19.6. The van der Waals surface area contributed by atoms with Gasteiger partial charge in [-0.1, -0.05) is 23.7 Å². The molecule has 8 nitrogen and oxygen atoms in total. The van der Waals surface area contributed by atoms with Crippen molar-refractivity contribution in [1.29, 1.82) is 0 Å². The van der Waals surface area contributed by atoms with Gasteiger partial charge < -0.3 is 24.8 Å². The van der Waals surface area contributed by atoms with E-state index in [0.29, 0.717) is 36.6 Å². The maximum atomic E-state index is 12.3. The van der Waals surface area contributed by atoms with Gasteiger partial charge in [-0.2, -0.15) is 13.2 Å². The number of carbonyl (C=O) groups excluding carboxylic acids is 1. The van der Waals surface area contributed by atoms with E-state index in [-0.39, 0.29) is 23.6 Å². The van der Waals surface area contributed by atoms with Crippen molar-refractivity contribution in [3.05, 3.63) is 41.2 Å². The van der Waals surface area contributed by atoms with E-state index in [2.05, 4.69) is 9.97 Å². The first-order valence-electron chi connectivity index (χ1n) is 11.0. The molecular formula is C23H28ClF3N4O4. The third-order valence-corrected chi connectivity index (χ3v) is 5.62. The number of nitrogens with zero attached hydrogens (tertiary/aromatic N) is 3. The highest BCUT2D eigenvalue weighted by atomic mass is 35.5. The molecule has 0 radical (unpaired) electrons. The van der Waals surface area contributed by atoms with Crippen molar-refractivity contribution >= 4 is 23.3 Å². The van der Waals surface area contributed by atoms with Gasteiger partial charge in [-0.15, -0.1) is 0 Å². The number of hydrogen-bond acceptors (Lipinski definition) is 7. The first-order valence-corrected chi connectivity index (χ1v) is 11.4. The molecule has 1 aromatic heterocycles. The molecule has 2 atom stereocenters. The van der Waals surface area contributed by atoms with Gasteiger partial charge in [0.05, 0.1) is 18.1 Å². The number of hydrogen-bond donors (Lipinski definition) is 2. The van der Waals surface area contributed by atoms with Crippen molar-refractivity contribution in [3.63, 3.8) is 0 Å². The number of halogens is 4. The van der Waals surface area contributed by atoms with Crippen LogP contribution in [0.5, 0.6) is 11.6 Å². The number of nitrogens with one attached hydrogen (secondary N) is 1. The summed E-state index contributed by atoms with van der Waals surface area (Å²) in [6.45, 7) is 4.58. The molecule has 2 N–H and O–H groups in total. The molecule has 1 amide bonds. The first-order chi connectivity index (χ1) is 16.3. The van der Waals surface area contributed by atoms with Crippen LogP contribution in [-0.2, 0) is 4.79 Å². The molecule has 1 aliphatic rings. The average molecular weight is 517 g/mol. The maximum Gasteiger partial charge on any atom is 0.405 e. The molecule has 192 valence electrons. The van der Waals surface area contributed by atoms with Gasteiger partial charge in [0.1, 0.15) is 36.4 Å². The molecule has 0 saturated carbocycles. The van der Waals surface area contributed by atoms with Crippen LogP contribution in [0.3, 0.4) is 0 Å². The number of anilines is 1. The van der Waals surface area contributed by atoms with E-state index in [1.54, 1.807) is 45.0 Å². The van der Waals surface area contributed by atoms with E-state index >= 15 is 0 Å². The summed E-state index contributed by atoms with van der Waals surface area (Å²) in [7, 11) is 0. The summed E-state index contributed by atoms with van der Waals surface area (Å²) in [6.07, 6.45) is -2.55. The van der Waals surface area contributed by atoms with Crippen molar-refractivity contribution in [2.45, 2.75) is 51.0 Å². The number of amides is 1. The highest BCUT2D eigenvalue weighted by Gasteiger charge is 2.30. The molecule has 0 spiro atoms. The maximum absolute atomic E-state index is 12.3. The van der Waals surface area contributed by atoms with Crippen LogP contribution in [0.15, 0.2) is 30.6 Å². The highest BCUT2D eigenvalue weighted by Crippen LogP contribution is 2.33. The molecule has 1 fully saturated rings. The zero-order valence-corrected chi connectivity index (χ0v) is 20.4. The topological polar surface area (TPSA) is 96.8 Å². The Morgan fingerprint density at radius 1 is 1.29 bits per heavy atom. The molecule has 1 unspecified atom stereocenters. The summed E-state index contributed by atoms with van der Waals surface area (Å²) in [5.74, 6) is -0.165. The van der Waals surface area contributed by atoms with Crippen molar-refractivity contribution in [2.75, 3.05) is 31.1 Å². The van der Waals surface area contributed by atoms with E-state index < -0.39 is 30.1 Å². The zero-order chi connectivity index (χ0) is 25.8. The van der Waals surface area contributed by atoms with Crippen LogP contribution in [-0.4, -0.2) is 65.1 Å². The fourth-order valence-electron chi connectivity index (χ4n) is 3.45. The molecule has 1 aromatic carbocycles. The number of aromatic nitrogens is 2. The van der Waals surface area contributed by atoms with Crippen molar-refractivity contribution in [3.8, 4) is 11.6 Å². The van der Waals surface area contributed by atoms with Crippen LogP contribution in [0.25, 0.3) is 0 Å². The highest BCUT2D eigenvalue weighted by molar-refractivity contribution is 6.34. The molecule has 35 heavy (non-hydrogen) atoms. The third-order valence-electron chi connectivity index (χ3n) is 5.28. The lowest BCUT2D eigenvalue weighted by atomic mass is 10.0. The number of aliphatic hydroxyl groups is 1. The summed E-state index contributed by atoms with van der Waals surface area (Å²) in [4.78, 5) is 22.2. The Hall–Kier alpha value is -2.79. The van der Waals surface area contributed by atoms with E-state index in [4.69, 9.17) is 21.1 Å². The standard InChI is InChI=1S/C23H28ClF3N4O4/c1-14(20(32)28-11-23(25,26)27)15-4-6-16(7-5-15)35-17-8-9-31(10-17)19-18(24)21(30-13-29-19)34-12-22(2,3)33/h4-7,13-14,17,33H,8-12H2,1-3H3,(H,28,32)/t14?,17-/m1/s1. The Morgan fingerprint density at radius 2 is 1.97 bits per heavy atom. The molecule has 0 bridgehead atoms. The minimum atomic E-state index is -4.46. The molecule has 2 heterocycles. The molecule has 1 saturated heterocycles. The van der Waals surface area contributed by atoms with Crippen molar-refractivity contribution < 1.29 is 32.5 Å². The third kappa shape index (κ3) is 7.86. The van der Waals surface area contributed by atoms with Gasteiger partial charge in [0.25, 0.3) is 0 Å². The molecule has 3 rings (SSSR count). The van der Waals surface area contributed by atoms with Gasteiger partial charge in [-0.05, 0) is 38.5 Å². The van der Waals surface area contributed by atoms with Crippen LogP contribution >= 0.6 is 11.6 Å². The van der Waals surface area contributed by atoms with E-state index in [9.17, 15) is 23.1 Å². The van der Waals surface area contributed by atoms with Crippen LogP contribution < -0.4 is 19.7 Å². The van der Waals surface area contributed by atoms with Gasteiger partial charge in [0, 0.05) is 13.0 Å². The minimum absolute atomic E-state index is 0.0213. The number of rotatable bonds is 9. The lowest BCUT2D eigenvalue weighted by molar-refractivity contribution is -0.139. The molecule has 12 heteroatoms. The second kappa shape index (κ2) is 10.9. The minimum Gasteiger partial charge on any atom is -0.489 e. The Labute approximate surface area is 206 Å². The Balaban J connectivity index is 1.56. The molecule has 2 aromatic rings. The second-order valence-electron chi connectivity index (χ2n) is 9.02. The molecular weight excluding hydrogens is 489 g/mol. The number of benzene rings is 1. The van der Waals surface area contributed by atoms with Gasteiger partial charge in [0.15, 0.2) is 5.82 Å². The number of alkyl halides is 3. The normalized spacial score (nSPS) is 17.3. The van der Waals surface area contributed by atoms with Gasteiger partial charge in [-0.25, -0.2) is 9.97 Å². The Kier molecular flexibility index (Phi) is 8.32. The molecule has 0 aliphatic carbocycles. The Bertz CT molecular complexity index is 1020. The van der Waals surface area contributed by atoms with Crippen LogP contribution in [0.1, 0.15) is 38.7 Å². The summed E-state index contributed by atoms with van der Waals surface area (Å²) in [5, 5.41) is 12.0. The second-order valence-corrected chi connectivity index (χ2v) is 9.39. The SMILES string of the molecule is CC(C(=O)NCC(F)(F)F)c1ccc(O[C@@H]2CCN(c3ncnc(OCC(C)(C)O)c3Cl)C2)cc1. The predicted octanol–water partition coefficient (Wildman–Crippen LogP) is 3.72. The first kappa shape index (κ1) is 26.8. The van der Waals surface area contributed by atoms with Gasteiger partial charge in [0.2, 0.25) is 11.8 Å². The van der Waals surface area contributed by atoms with Gasteiger partial charge >= 0.3 is 6.18 Å². The largest absolute Gasteiger partial charge is 0.489 e. The summed E-state index contributed by atoms with van der Waals surface area (Å²) in [5.41, 5.74) is -0.460. The van der Waals surface area contributed by atoms with E-state index in [1.165, 1.54) is 6.33 Å². The van der Waals surface area contributed by atoms with Crippen LogP contribution in [0.2, 0.25) is 5.02 Å². The smallest absolute Gasteiger partial charge is 0.405 e. The Morgan fingerprint density at radius 3 is 2.60 bits per heavy atom.